The van der Waals surface area contributed by atoms with Crippen molar-refractivity contribution in [3.63, 3.8) is 0 Å². The van der Waals surface area contributed by atoms with Crippen LogP contribution in [-0.2, 0) is 11.3 Å². The molecule has 0 aromatic heterocycles. The summed E-state index contributed by atoms with van der Waals surface area (Å²) in [5, 5.41) is 2.75. The molecule has 7 nitrogen and oxygen atoms in total. The molecule has 0 aliphatic carbocycles. The van der Waals surface area contributed by atoms with Crippen LogP contribution in [-0.4, -0.2) is 67.6 Å². The highest BCUT2D eigenvalue weighted by atomic mass is 16.6. The Morgan fingerprint density at radius 1 is 0.967 bits per heavy atom. The molecule has 1 fully saturated rings. The van der Waals surface area contributed by atoms with E-state index >= 15 is 0 Å². The molecule has 0 bridgehead atoms. The molecule has 0 unspecified atom stereocenters. The Balaban J connectivity index is 1.24. The summed E-state index contributed by atoms with van der Waals surface area (Å²) in [6.45, 7) is 6.80. The van der Waals surface area contributed by atoms with Crippen molar-refractivity contribution in [1.29, 1.82) is 0 Å². The second-order valence-electron chi connectivity index (χ2n) is 7.63. The summed E-state index contributed by atoms with van der Waals surface area (Å²) in [5.41, 5.74) is 2.68. The van der Waals surface area contributed by atoms with Crippen LogP contribution < -0.4 is 14.8 Å². The van der Waals surface area contributed by atoms with Gasteiger partial charge in [-0.15, -0.1) is 0 Å². The first-order valence-corrected chi connectivity index (χ1v) is 10.3. The average Bonchev–Trinajstić information content (AvgIpc) is 2.78. The number of ether oxygens (including phenoxy) is 2. The molecule has 0 spiro atoms. The molecule has 2 aliphatic heterocycles. The largest absolute Gasteiger partial charge is 0.486 e. The third-order valence-electron chi connectivity index (χ3n) is 5.53. The van der Waals surface area contributed by atoms with E-state index in [0.717, 1.165) is 36.7 Å². The monoisotopic (exact) mass is 409 g/mol. The molecule has 2 aromatic rings. The van der Waals surface area contributed by atoms with Gasteiger partial charge in [0, 0.05) is 38.3 Å². The van der Waals surface area contributed by atoms with Gasteiger partial charge in [-0.3, -0.25) is 14.5 Å². The number of hydrogen-bond acceptors (Lipinski definition) is 5. The van der Waals surface area contributed by atoms with Crippen molar-refractivity contribution in [2.24, 2.45) is 0 Å². The van der Waals surface area contributed by atoms with Gasteiger partial charge in [-0.2, -0.15) is 0 Å². The van der Waals surface area contributed by atoms with E-state index < -0.39 is 0 Å². The lowest BCUT2D eigenvalue weighted by atomic mass is 10.1. The third kappa shape index (κ3) is 4.74. The predicted molar refractivity (Wildman–Crippen MR) is 113 cm³/mol. The highest BCUT2D eigenvalue weighted by molar-refractivity contribution is 5.97. The lowest BCUT2D eigenvalue weighted by Crippen LogP contribution is -2.50. The average molecular weight is 409 g/mol. The van der Waals surface area contributed by atoms with E-state index in [1.165, 1.54) is 5.56 Å². The van der Waals surface area contributed by atoms with Crippen LogP contribution in [0.5, 0.6) is 11.5 Å². The van der Waals surface area contributed by atoms with Crippen LogP contribution in [0.15, 0.2) is 42.5 Å². The van der Waals surface area contributed by atoms with Crippen LogP contribution >= 0.6 is 0 Å². The Bertz CT molecular complexity index is 922. The van der Waals surface area contributed by atoms with Crippen molar-refractivity contribution in [2.75, 3.05) is 45.9 Å². The van der Waals surface area contributed by atoms with Crippen LogP contribution in [0, 0.1) is 6.92 Å². The van der Waals surface area contributed by atoms with Crippen molar-refractivity contribution < 1.29 is 19.1 Å². The summed E-state index contributed by atoms with van der Waals surface area (Å²) in [6.07, 6.45) is 0. The number of benzene rings is 2. The maximum Gasteiger partial charge on any atom is 0.251 e. The van der Waals surface area contributed by atoms with Gasteiger partial charge in [-0.25, -0.2) is 0 Å². The first-order chi connectivity index (χ1) is 14.6. The minimum atomic E-state index is -0.210. The first kappa shape index (κ1) is 20.2. The fourth-order valence-corrected chi connectivity index (χ4v) is 3.79. The van der Waals surface area contributed by atoms with Crippen LogP contribution in [0.2, 0.25) is 0 Å². The lowest BCUT2D eigenvalue weighted by Gasteiger charge is -2.35. The number of aryl methyl sites for hydroxylation is 1. The van der Waals surface area contributed by atoms with Gasteiger partial charge in [-0.1, -0.05) is 24.3 Å². The van der Waals surface area contributed by atoms with E-state index in [2.05, 4.69) is 16.3 Å². The molecule has 4 rings (SSSR count). The maximum absolute atomic E-state index is 12.5. The highest BCUT2D eigenvalue weighted by Crippen LogP contribution is 2.31. The second kappa shape index (κ2) is 9.17. The molecule has 1 saturated heterocycles. The fraction of sp³-hybridized carbons (Fsp3) is 0.391. The van der Waals surface area contributed by atoms with Crippen molar-refractivity contribution in [3.05, 3.63) is 59.2 Å². The summed E-state index contributed by atoms with van der Waals surface area (Å²) in [5.74, 6) is 1.35. The van der Waals surface area contributed by atoms with E-state index in [0.29, 0.717) is 31.9 Å². The van der Waals surface area contributed by atoms with Crippen LogP contribution in [0.1, 0.15) is 21.5 Å². The first-order valence-electron chi connectivity index (χ1n) is 10.3. The van der Waals surface area contributed by atoms with Crippen molar-refractivity contribution in [2.45, 2.75) is 13.5 Å². The number of piperazine rings is 1. The Morgan fingerprint density at radius 2 is 1.70 bits per heavy atom. The van der Waals surface area contributed by atoms with Crippen LogP contribution in [0.3, 0.4) is 0 Å². The molecule has 2 heterocycles. The maximum atomic E-state index is 12.5. The Hall–Kier alpha value is -3.06. The Morgan fingerprint density at radius 3 is 2.47 bits per heavy atom. The van der Waals surface area contributed by atoms with Gasteiger partial charge < -0.3 is 19.7 Å². The normalized spacial score (nSPS) is 16.2. The number of nitrogens with zero attached hydrogens (tertiary/aromatic N) is 2. The molecule has 0 atom stereocenters. The number of fused-ring (bicyclic) bond motifs is 1. The smallest absolute Gasteiger partial charge is 0.251 e. The molecule has 2 amide bonds. The number of rotatable bonds is 5. The molecule has 158 valence electrons. The molecule has 2 aliphatic rings. The molecule has 0 radical (unpaired) electrons. The van der Waals surface area contributed by atoms with Crippen LogP contribution in [0.25, 0.3) is 0 Å². The zero-order chi connectivity index (χ0) is 20.9. The number of carbonyl (C=O) groups is 2. The summed E-state index contributed by atoms with van der Waals surface area (Å²) < 4.78 is 11.2. The highest BCUT2D eigenvalue weighted by Gasteiger charge is 2.22. The molecule has 1 N–H and O–H groups in total. The van der Waals surface area contributed by atoms with Gasteiger partial charge in [0.15, 0.2) is 11.5 Å². The van der Waals surface area contributed by atoms with E-state index in [-0.39, 0.29) is 18.4 Å². The summed E-state index contributed by atoms with van der Waals surface area (Å²) in [7, 11) is 0. The van der Waals surface area contributed by atoms with Gasteiger partial charge in [0.1, 0.15) is 13.2 Å². The Labute approximate surface area is 176 Å². The number of amides is 2. The van der Waals surface area contributed by atoms with Crippen molar-refractivity contribution in [1.82, 2.24) is 15.1 Å². The van der Waals surface area contributed by atoms with Crippen LogP contribution in [0.4, 0.5) is 0 Å². The summed E-state index contributed by atoms with van der Waals surface area (Å²) in [6, 6.07) is 13.4. The Kier molecular flexibility index (Phi) is 6.18. The third-order valence-corrected chi connectivity index (χ3v) is 5.53. The zero-order valence-corrected chi connectivity index (χ0v) is 17.2. The quantitative estimate of drug-likeness (QED) is 0.816. The van der Waals surface area contributed by atoms with Crippen molar-refractivity contribution >= 4 is 11.8 Å². The van der Waals surface area contributed by atoms with E-state index in [1.54, 1.807) is 6.07 Å². The van der Waals surface area contributed by atoms with Gasteiger partial charge >= 0.3 is 0 Å². The van der Waals surface area contributed by atoms with Gasteiger partial charge in [0.25, 0.3) is 5.91 Å². The fourth-order valence-electron chi connectivity index (χ4n) is 3.79. The standard InChI is InChI=1S/C23H27N3O4/c1-17-4-2-3-5-19(17)23(28)24-15-22(27)26-10-8-25(9-11-26)16-18-6-7-20-21(14-18)30-13-12-29-20/h2-7,14H,8-13,15-16H2,1H3,(H,24,28). The summed E-state index contributed by atoms with van der Waals surface area (Å²) in [4.78, 5) is 28.9. The second-order valence-corrected chi connectivity index (χ2v) is 7.63. The summed E-state index contributed by atoms with van der Waals surface area (Å²) >= 11 is 0. The molecular formula is C23H27N3O4. The SMILES string of the molecule is Cc1ccccc1C(=O)NCC(=O)N1CCN(Cc2ccc3c(c2)OCCO3)CC1. The number of carbonyl (C=O) groups excluding carboxylic acids is 2. The van der Waals surface area contributed by atoms with E-state index in [9.17, 15) is 9.59 Å². The predicted octanol–water partition coefficient (Wildman–Crippen LogP) is 1.84. The molecule has 7 heteroatoms. The van der Waals surface area contributed by atoms with Gasteiger partial charge in [0.2, 0.25) is 5.91 Å². The van der Waals surface area contributed by atoms with Crippen molar-refractivity contribution in [3.8, 4) is 11.5 Å². The van der Waals surface area contributed by atoms with E-state index in [1.807, 2.05) is 42.2 Å². The van der Waals surface area contributed by atoms with E-state index in [4.69, 9.17) is 9.47 Å². The van der Waals surface area contributed by atoms with Gasteiger partial charge in [0.05, 0.1) is 6.54 Å². The number of nitrogens with one attached hydrogen (secondary N) is 1. The molecule has 0 saturated carbocycles. The lowest BCUT2D eigenvalue weighted by molar-refractivity contribution is -0.131. The number of hydrogen-bond donors (Lipinski definition) is 1. The molecule has 30 heavy (non-hydrogen) atoms. The van der Waals surface area contributed by atoms with Gasteiger partial charge in [-0.05, 0) is 36.2 Å². The minimum absolute atomic E-state index is 0.0231. The molecular weight excluding hydrogens is 382 g/mol. The minimum Gasteiger partial charge on any atom is -0.486 e. The molecule has 2 aromatic carbocycles. The topological polar surface area (TPSA) is 71.1 Å². The zero-order valence-electron chi connectivity index (χ0n) is 17.2.